The summed E-state index contributed by atoms with van der Waals surface area (Å²) in [6.45, 7) is -0.770. The molecule has 1 aliphatic rings. The lowest BCUT2D eigenvalue weighted by Crippen LogP contribution is -2.47. The first-order valence-electron chi connectivity index (χ1n) is 10.1. The SMILES string of the molecule is N#CCn1c(N2CCC(F)(F)CC2)c(-c2cc(O)cc(Cl)c2)c(=O)n(-c2cncc(Cl)c2)c1=O. The quantitative estimate of drug-likeness (QED) is 0.575. The standard InChI is InChI=1S/C22H17Cl2F2N5O3/c23-14-7-13(8-17(32)10-14)18-19(29-4-1-22(25,26)2-5-29)30(6-3-27)21(34)31(20(18)33)16-9-15(24)11-28-12-16/h7-12,32H,1-2,4-6H2. The van der Waals surface area contributed by atoms with Crippen LogP contribution in [-0.4, -0.2) is 38.2 Å². The minimum Gasteiger partial charge on any atom is -0.508 e. The van der Waals surface area contributed by atoms with E-state index in [0.29, 0.717) is 0 Å². The van der Waals surface area contributed by atoms with E-state index in [0.717, 1.165) is 9.13 Å². The molecular weight excluding hydrogens is 491 g/mol. The number of aromatic nitrogens is 3. The Hall–Kier alpha value is -3.42. The summed E-state index contributed by atoms with van der Waals surface area (Å²) < 4.78 is 29.6. The fraction of sp³-hybridized carbons (Fsp3) is 0.273. The van der Waals surface area contributed by atoms with Gasteiger partial charge in [-0.2, -0.15) is 5.26 Å². The van der Waals surface area contributed by atoms with Crippen LogP contribution in [0.15, 0.2) is 46.2 Å². The van der Waals surface area contributed by atoms with Gasteiger partial charge in [-0.15, -0.1) is 0 Å². The van der Waals surface area contributed by atoms with Gasteiger partial charge in [0.15, 0.2) is 0 Å². The summed E-state index contributed by atoms with van der Waals surface area (Å²) >= 11 is 12.1. The van der Waals surface area contributed by atoms with Crippen LogP contribution in [0.25, 0.3) is 16.8 Å². The molecule has 3 aromatic rings. The van der Waals surface area contributed by atoms with Crippen molar-refractivity contribution in [2.75, 3.05) is 18.0 Å². The fourth-order valence-electron chi connectivity index (χ4n) is 3.95. The monoisotopic (exact) mass is 507 g/mol. The second kappa shape index (κ2) is 9.08. The third-order valence-corrected chi connectivity index (χ3v) is 5.89. The normalized spacial score (nSPS) is 15.2. The Morgan fingerprint density at radius 2 is 1.79 bits per heavy atom. The van der Waals surface area contributed by atoms with Crippen LogP contribution in [0.3, 0.4) is 0 Å². The largest absolute Gasteiger partial charge is 0.508 e. The number of halogens is 4. The van der Waals surface area contributed by atoms with Crippen molar-refractivity contribution in [1.29, 1.82) is 5.26 Å². The lowest BCUT2D eigenvalue weighted by molar-refractivity contribution is -0.0222. The van der Waals surface area contributed by atoms with Crippen LogP contribution in [0.2, 0.25) is 10.0 Å². The zero-order chi connectivity index (χ0) is 24.6. The topological polar surface area (TPSA) is 104 Å². The molecule has 3 heterocycles. The van der Waals surface area contributed by atoms with Crippen molar-refractivity contribution in [3.8, 4) is 28.6 Å². The number of hydrogen-bond acceptors (Lipinski definition) is 6. The fourth-order valence-corrected chi connectivity index (χ4v) is 4.35. The summed E-state index contributed by atoms with van der Waals surface area (Å²) in [5, 5.41) is 19.8. The molecule has 0 saturated carbocycles. The second-order valence-corrected chi connectivity index (χ2v) is 8.64. The van der Waals surface area contributed by atoms with Gasteiger partial charge in [-0.05, 0) is 29.8 Å². The maximum atomic E-state index is 13.9. The highest BCUT2D eigenvalue weighted by molar-refractivity contribution is 6.31. The van der Waals surface area contributed by atoms with Gasteiger partial charge in [-0.3, -0.25) is 14.3 Å². The highest BCUT2D eigenvalue weighted by Crippen LogP contribution is 2.36. The molecule has 0 radical (unpaired) electrons. The molecule has 0 atom stereocenters. The summed E-state index contributed by atoms with van der Waals surface area (Å²) in [4.78, 5) is 32.6. The van der Waals surface area contributed by atoms with Gasteiger partial charge in [0.1, 0.15) is 18.1 Å². The van der Waals surface area contributed by atoms with Crippen LogP contribution >= 0.6 is 23.2 Å². The Bertz CT molecular complexity index is 1400. The molecule has 2 aromatic heterocycles. The highest BCUT2D eigenvalue weighted by atomic mass is 35.5. The first-order valence-corrected chi connectivity index (χ1v) is 10.9. The van der Waals surface area contributed by atoms with Gasteiger partial charge < -0.3 is 10.0 Å². The van der Waals surface area contributed by atoms with E-state index in [4.69, 9.17) is 23.2 Å². The number of pyridine rings is 1. The van der Waals surface area contributed by atoms with Crippen molar-refractivity contribution < 1.29 is 13.9 Å². The maximum Gasteiger partial charge on any atom is 0.338 e. The van der Waals surface area contributed by atoms with Crippen LogP contribution in [0.5, 0.6) is 5.75 Å². The second-order valence-electron chi connectivity index (χ2n) is 7.77. The van der Waals surface area contributed by atoms with Crippen LogP contribution in [-0.2, 0) is 6.54 Å². The predicted molar refractivity (Wildman–Crippen MR) is 123 cm³/mol. The maximum absolute atomic E-state index is 13.9. The molecule has 0 bridgehead atoms. The van der Waals surface area contributed by atoms with Gasteiger partial charge in [0.2, 0.25) is 0 Å². The van der Waals surface area contributed by atoms with Crippen molar-refractivity contribution in [3.63, 3.8) is 0 Å². The van der Waals surface area contributed by atoms with E-state index in [1.807, 2.05) is 6.07 Å². The first-order chi connectivity index (χ1) is 16.1. The van der Waals surface area contributed by atoms with Gasteiger partial charge >= 0.3 is 5.69 Å². The van der Waals surface area contributed by atoms with Crippen molar-refractivity contribution >= 4 is 29.0 Å². The first kappa shape index (κ1) is 23.7. The van der Waals surface area contributed by atoms with Gasteiger partial charge in [-0.1, -0.05) is 23.2 Å². The van der Waals surface area contributed by atoms with E-state index < -0.39 is 36.6 Å². The van der Waals surface area contributed by atoms with Crippen LogP contribution in [0.4, 0.5) is 14.6 Å². The molecule has 12 heteroatoms. The van der Waals surface area contributed by atoms with Gasteiger partial charge in [0, 0.05) is 37.2 Å². The molecule has 0 unspecified atom stereocenters. The Balaban J connectivity index is 2.10. The Morgan fingerprint density at radius 3 is 2.41 bits per heavy atom. The zero-order valence-corrected chi connectivity index (χ0v) is 19.0. The molecule has 1 aromatic carbocycles. The molecule has 1 fully saturated rings. The summed E-state index contributed by atoms with van der Waals surface area (Å²) in [6, 6.07) is 7.18. The molecule has 34 heavy (non-hydrogen) atoms. The minimum atomic E-state index is -2.88. The van der Waals surface area contributed by atoms with E-state index >= 15 is 0 Å². The van der Waals surface area contributed by atoms with Gasteiger partial charge in [0.25, 0.3) is 11.5 Å². The van der Waals surface area contributed by atoms with Crippen molar-refractivity contribution in [1.82, 2.24) is 14.1 Å². The predicted octanol–water partition coefficient (Wildman–Crippen LogP) is 3.83. The summed E-state index contributed by atoms with van der Waals surface area (Å²) in [5.41, 5.74) is -1.55. The number of alkyl halides is 2. The van der Waals surface area contributed by atoms with Crippen molar-refractivity contribution in [3.05, 3.63) is 67.5 Å². The summed E-state index contributed by atoms with van der Waals surface area (Å²) in [7, 11) is 0. The third kappa shape index (κ3) is 4.49. The smallest absolute Gasteiger partial charge is 0.338 e. The molecule has 1 aliphatic heterocycles. The number of benzene rings is 1. The average molecular weight is 508 g/mol. The van der Waals surface area contributed by atoms with E-state index in [2.05, 4.69) is 4.98 Å². The Kier molecular flexibility index (Phi) is 6.34. The number of rotatable bonds is 4. The van der Waals surface area contributed by atoms with Gasteiger partial charge in [-0.25, -0.2) is 18.1 Å². The van der Waals surface area contributed by atoms with E-state index in [1.54, 1.807) is 0 Å². The number of aromatic hydroxyl groups is 1. The summed E-state index contributed by atoms with van der Waals surface area (Å²) in [6.07, 6.45) is 1.60. The molecular formula is C22H17Cl2F2N5O3. The lowest BCUT2D eigenvalue weighted by atomic mass is 10.0. The number of nitrogens with zero attached hydrogens (tertiary/aromatic N) is 5. The number of phenols is 1. The number of nitriles is 1. The van der Waals surface area contributed by atoms with Crippen LogP contribution in [0.1, 0.15) is 12.8 Å². The Morgan fingerprint density at radius 1 is 1.09 bits per heavy atom. The molecule has 4 rings (SSSR count). The van der Waals surface area contributed by atoms with Crippen molar-refractivity contribution in [2.24, 2.45) is 0 Å². The van der Waals surface area contributed by atoms with Crippen molar-refractivity contribution in [2.45, 2.75) is 25.3 Å². The van der Waals surface area contributed by atoms with E-state index in [1.165, 1.54) is 41.6 Å². The number of hydrogen-bond donors (Lipinski definition) is 1. The highest BCUT2D eigenvalue weighted by Gasteiger charge is 2.36. The number of anilines is 1. The molecule has 8 nitrogen and oxygen atoms in total. The Labute approximate surface area is 201 Å². The molecule has 1 N–H and O–H groups in total. The molecule has 1 saturated heterocycles. The number of piperidine rings is 1. The van der Waals surface area contributed by atoms with E-state index in [-0.39, 0.29) is 51.5 Å². The zero-order valence-electron chi connectivity index (χ0n) is 17.5. The molecule has 0 amide bonds. The minimum absolute atomic E-state index is 0.0000427. The number of phenolic OH excluding ortho intramolecular Hbond substituents is 1. The third-order valence-electron chi connectivity index (χ3n) is 5.46. The van der Waals surface area contributed by atoms with E-state index in [9.17, 15) is 28.7 Å². The molecule has 176 valence electrons. The molecule has 0 aliphatic carbocycles. The van der Waals surface area contributed by atoms with Gasteiger partial charge in [0.05, 0.1) is 28.5 Å². The summed E-state index contributed by atoms with van der Waals surface area (Å²) in [5.74, 6) is -3.13. The lowest BCUT2D eigenvalue weighted by Gasteiger charge is -2.35. The average Bonchev–Trinajstić information content (AvgIpc) is 2.75. The van der Waals surface area contributed by atoms with Crippen LogP contribution < -0.4 is 16.1 Å². The molecule has 0 spiro atoms. The van der Waals surface area contributed by atoms with Crippen LogP contribution in [0, 0.1) is 11.3 Å².